The molecule has 0 amide bonds. The van der Waals surface area contributed by atoms with Gasteiger partial charge >= 0.3 is 0 Å². The van der Waals surface area contributed by atoms with Gasteiger partial charge in [-0.1, -0.05) is 31.4 Å². The molecule has 26 heavy (non-hydrogen) atoms. The molecule has 0 aromatic heterocycles. The molecule has 1 aliphatic rings. The molecule has 0 saturated heterocycles. The molecule has 4 nitrogen and oxygen atoms in total. The maximum absolute atomic E-state index is 5.73. The molecule has 1 fully saturated rings. The van der Waals surface area contributed by atoms with Gasteiger partial charge in [0.1, 0.15) is 5.75 Å². The third-order valence-corrected chi connectivity index (χ3v) is 5.30. The molecule has 2 aromatic rings. The minimum Gasteiger partial charge on any atom is -0.497 e. The van der Waals surface area contributed by atoms with Gasteiger partial charge < -0.3 is 19.5 Å². The van der Waals surface area contributed by atoms with E-state index in [9.17, 15) is 0 Å². The topological polar surface area (TPSA) is 39.7 Å². The molecule has 1 aliphatic carbocycles. The zero-order valence-electron chi connectivity index (χ0n) is 16.0. The van der Waals surface area contributed by atoms with Crippen molar-refractivity contribution in [3.05, 3.63) is 48.0 Å². The quantitative estimate of drug-likeness (QED) is 0.717. The Labute approximate surface area is 156 Å². The van der Waals surface area contributed by atoms with Gasteiger partial charge in [-0.15, -0.1) is 0 Å². The summed E-state index contributed by atoms with van der Waals surface area (Å²) < 4.78 is 16.5. The first kappa shape index (κ1) is 18.4. The molecule has 0 bridgehead atoms. The maximum Gasteiger partial charge on any atom is 0.165 e. The Morgan fingerprint density at radius 1 is 0.846 bits per heavy atom. The molecule has 0 aliphatic heterocycles. The Morgan fingerprint density at radius 3 is 2.19 bits per heavy atom. The molecule has 4 heteroatoms. The summed E-state index contributed by atoms with van der Waals surface area (Å²) in [6, 6.07) is 14.5. The van der Waals surface area contributed by atoms with Crippen molar-refractivity contribution in [1.82, 2.24) is 0 Å². The zero-order valence-corrected chi connectivity index (χ0v) is 16.0. The van der Waals surface area contributed by atoms with Crippen molar-refractivity contribution in [2.45, 2.75) is 38.1 Å². The van der Waals surface area contributed by atoms with Crippen molar-refractivity contribution in [2.75, 3.05) is 26.6 Å². The van der Waals surface area contributed by atoms with Gasteiger partial charge in [0.05, 0.1) is 27.4 Å². The highest BCUT2D eigenvalue weighted by Gasteiger charge is 2.28. The van der Waals surface area contributed by atoms with E-state index < -0.39 is 0 Å². The number of ether oxygens (including phenoxy) is 3. The van der Waals surface area contributed by atoms with Crippen LogP contribution in [0.1, 0.15) is 43.7 Å². The zero-order chi connectivity index (χ0) is 18.4. The number of methoxy groups -OCH3 is 3. The average Bonchev–Trinajstić information content (AvgIpc) is 2.72. The normalized spacial score (nSPS) is 16.0. The molecule has 3 rings (SSSR count). The number of hydrogen-bond acceptors (Lipinski definition) is 4. The highest BCUT2D eigenvalue weighted by Crippen LogP contribution is 2.43. The van der Waals surface area contributed by atoms with Crippen LogP contribution in [0.25, 0.3) is 0 Å². The summed E-state index contributed by atoms with van der Waals surface area (Å²) in [6.07, 6.45) is 6.37. The van der Waals surface area contributed by atoms with Gasteiger partial charge in [-0.05, 0) is 49.1 Å². The van der Waals surface area contributed by atoms with Crippen LogP contribution in [0.2, 0.25) is 0 Å². The Kier molecular flexibility index (Phi) is 6.26. The predicted molar refractivity (Wildman–Crippen MR) is 105 cm³/mol. The lowest BCUT2D eigenvalue weighted by Crippen LogP contribution is -2.24. The van der Waals surface area contributed by atoms with E-state index in [1.165, 1.54) is 32.1 Å². The van der Waals surface area contributed by atoms with Crippen LogP contribution in [-0.4, -0.2) is 21.3 Å². The van der Waals surface area contributed by atoms with Crippen molar-refractivity contribution in [2.24, 2.45) is 5.92 Å². The molecule has 140 valence electrons. The van der Waals surface area contributed by atoms with E-state index in [0.717, 1.165) is 28.5 Å². The lowest BCUT2D eigenvalue weighted by Gasteiger charge is -2.33. The first-order chi connectivity index (χ1) is 12.8. The van der Waals surface area contributed by atoms with E-state index in [2.05, 4.69) is 23.5 Å². The summed E-state index contributed by atoms with van der Waals surface area (Å²) in [5, 5.41) is 3.75. The molecule has 0 spiro atoms. The molecular formula is C22H29NO3. The largest absolute Gasteiger partial charge is 0.497 e. The molecule has 1 atom stereocenters. The summed E-state index contributed by atoms with van der Waals surface area (Å²) in [5.74, 6) is 3.05. The molecule has 1 unspecified atom stereocenters. The average molecular weight is 355 g/mol. The van der Waals surface area contributed by atoms with Gasteiger partial charge in [-0.25, -0.2) is 0 Å². The first-order valence-electron chi connectivity index (χ1n) is 9.38. The van der Waals surface area contributed by atoms with Crippen molar-refractivity contribution < 1.29 is 14.2 Å². The molecular weight excluding hydrogens is 326 g/mol. The van der Waals surface area contributed by atoms with Crippen LogP contribution in [0.3, 0.4) is 0 Å². The molecule has 2 aromatic carbocycles. The number of hydrogen-bond donors (Lipinski definition) is 1. The third kappa shape index (κ3) is 4.06. The summed E-state index contributed by atoms with van der Waals surface area (Å²) in [6.45, 7) is 0. The lowest BCUT2D eigenvalue weighted by molar-refractivity contribution is 0.307. The highest BCUT2D eigenvalue weighted by molar-refractivity contribution is 5.53. The van der Waals surface area contributed by atoms with Gasteiger partial charge in [0.2, 0.25) is 0 Å². The van der Waals surface area contributed by atoms with Crippen molar-refractivity contribution in [3.8, 4) is 17.2 Å². The Hall–Kier alpha value is -2.36. The minimum absolute atomic E-state index is 0.189. The van der Waals surface area contributed by atoms with E-state index in [-0.39, 0.29) is 6.04 Å². The SMILES string of the molecule is COc1ccc(NC(c2cccc(OC)c2OC)C2CCCCC2)cc1. The second-order valence-corrected chi connectivity index (χ2v) is 6.83. The molecule has 0 radical (unpaired) electrons. The van der Waals surface area contributed by atoms with Gasteiger partial charge in [0, 0.05) is 11.3 Å². The number of nitrogens with one attached hydrogen (secondary N) is 1. The van der Waals surface area contributed by atoms with E-state index >= 15 is 0 Å². The second kappa shape index (κ2) is 8.84. The van der Waals surface area contributed by atoms with E-state index in [1.54, 1.807) is 21.3 Å². The summed E-state index contributed by atoms with van der Waals surface area (Å²) >= 11 is 0. The van der Waals surface area contributed by atoms with Crippen LogP contribution in [0.15, 0.2) is 42.5 Å². The van der Waals surface area contributed by atoms with Crippen molar-refractivity contribution in [3.63, 3.8) is 0 Å². The third-order valence-electron chi connectivity index (χ3n) is 5.30. The van der Waals surface area contributed by atoms with E-state index in [4.69, 9.17) is 14.2 Å². The Bertz CT molecular complexity index is 693. The summed E-state index contributed by atoms with van der Waals surface area (Å²) in [7, 11) is 5.09. The molecule has 1 N–H and O–H groups in total. The maximum atomic E-state index is 5.73. The second-order valence-electron chi connectivity index (χ2n) is 6.83. The lowest BCUT2D eigenvalue weighted by atomic mass is 9.80. The number of benzene rings is 2. The molecule has 0 heterocycles. The number of rotatable bonds is 7. The number of anilines is 1. The first-order valence-corrected chi connectivity index (χ1v) is 9.38. The van der Waals surface area contributed by atoms with Gasteiger partial charge in [0.15, 0.2) is 11.5 Å². The van der Waals surface area contributed by atoms with Crippen LogP contribution >= 0.6 is 0 Å². The Morgan fingerprint density at radius 2 is 1.58 bits per heavy atom. The van der Waals surface area contributed by atoms with Crippen LogP contribution in [-0.2, 0) is 0 Å². The van der Waals surface area contributed by atoms with E-state index in [1.807, 2.05) is 24.3 Å². The standard InChI is InChI=1S/C22H29NO3/c1-24-18-14-12-17(13-15-18)23-21(16-8-5-4-6-9-16)19-10-7-11-20(25-2)22(19)26-3/h7,10-16,21,23H,4-6,8-9H2,1-3H3. The van der Waals surface area contributed by atoms with Crippen LogP contribution in [0.5, 0.6) is 17.2 Å². The van der Waals surface area contributed by atoms with Crippen molar-refractivity contribution >= 4 is 5.69 Å². The fourth-order valence-corrected chi connectivity index (χ4v) is 3.94. The van der Waals surface area contributed by atoms with Crippen LogP contribution in [0, 0.1) is 5.92 Å². The van der Waals surface area contributed by atoms with Gasteiger partial charge in [0.25, 0.3) is 0 Å². The highest BCUT2D eigenvalue weighted by atomic mass is 16.5. The molecule has 1 saturated carbocycles. The fraction of sp³-hybridized carbons (Fsp3) is 0.455. The monoisotopic (exact) mass is 355 g/mol. The van der Waals surface area contributed by atoms with Gasteiger partial charge in [-0.3, -0.25) is 0 Å². The fourth-order valence-electron chi connectivity index (χ4n) is 3.94. The smallest absolute Gasteiger partial charge is 0.165 e. The number of para-hydroxylation sites is 1. The van der Waals surface area contributed by atoms with Gasteiger partial charge in [-0.2, -0.15) is 0 Å². The summed E-state index contributed by atoms with van der Waals surface area (Å²) in [4.78, 5) is 0. The van der Waals surface area contributed by atoms with Crippen LogP contribution in [0.4, 0.5) is 5.69 Å². The van der Waals surface area contributed by atoms with Crippen LogP contribution < -0.4 is 19.5 Å². The predicted octanol–water partition coefficient (Wildman–Crippen LogP) is 5.45. The Balaban J connectivity index is 1.95. The minimum atomic E-state index is 0.189. The van der Waals surface area contributed by atoms with Crippen molar-refractivity contribution in [1.29, 1.82) is 0 Å². The van der Waals surface area contributed by atoms with E-state index in [0.29, 0.717) is 5.92 Å². The summed E-state index contributed by atoms with van der Waals surface area (Å²) in [5.41, 5.74) is 2.25.